The molecular weight excluding hydrogens is 302 g/mol. The molecule has 1 unspecified atom stereocenters. The predicted molar refractivity (Wildman–Crippen MR) is 80.6 cm³/mol. The molecule has 0 amide bonds. The van der Waals surface area contributed by atoms with Crippen LogP contribution < -0.4 is 5.32 Å². The predicted octanol–water partition coefficient (Wildman–Crippen LogP) is 3.62. The zero-order valence-electron chi connectivity index (χ0n) is 11.1. The molecule has 2 aromatic rings. The van der Waals surface area contributed by atoms with Gasteiger partial charge in [-0.1, -0.05) is 18.6 Å². The number of nitrogens with one attached hydrogen (secondary N) is 1. The van der Waals surface area contributed by atoms with E-state index in [1.54, 1.807) is 0 Å². The average Bonchev–Trinajstić information content (AvgIpc) is 2.73. The van der Waals surface area contributed by atoms with E-state index in [0.29, 0.717) is 6.04 Å². The highest BCUT2D eigenvalue weighted by Crippen LogP contribution is 2.31. The van der Waals surface area contributed by atoms with E-state index in [4.69, 9.17) is 0 Å². The van der Waals surface area contributed by atoms with Crippen LogP contribution in [0.2, 0.25) is 0 Å². The van der Waals surface area contributed by atoms with Crippen molar-refractivity contribution in [1.29, 1.82) is 0 Å². The first-order chi connectivity index (χ1) is 9.31. The van der Waals surface area contributed by atoms with Gasteiger partial charge in [-0.3, -0.25) is 0 Å². The average molecular weight is 320 g/mol. The first-order valence-corrected chi connectivity index (χ1v) is 7.59. The number of halogens is 1. The molecule has 0 spiro atoms. The zero-order valence-corrected chi connectivity index (χ0v) is 12.7. The van der Waals surface area contributed by atoms with Crippen molar-refractivity contribution in [1.82, 2.24) is 15.1 Å². The lowest BCUT2D eigenvalue weighted by Crippen LogP contribution is -2.16. The van der Waals surface area contributed by atoms with Crippen molar-refractivity contribution in [2.45, 2.75) is 31.7 Å². The third-order valence-electron chi connectivity index (χ3n) is 3.86. The Bertz CT molecular complexity index is 577. The van der Waals surface area contributed by atoms with Crippen molar-refractivity contribution in [3.63, 3.8) is 0 Å². The van der Waals surface area contributed by atoms with Crippen LogP contribution in [0.1, 0.15) is 36.6 Å². The molecule has 0 fully saturated rings. The van der Waals surface area contributed by atoms with Crippen molar-refractivity contribution in [2.24, 2.45) is 0 Å². The lowest BCUT2D eigenvalue weighted by molar-refractivity contribution is 0.533. The molecule has 1 aliphatic carbocycles. The summed E-state index contributed by atoms with van der Waals surface area (Å²) in [5, 5.41) is 8.03. The summed E-state index contributed by atoms with van der Waals surface area (Å²) in [6.07, 6.45) is 6.85. The highest BCUT2D eigenvalue weighted by molar-refractivity contribution is 9.10. The molecule has 1 aliphatic rings. The molecule has 0 saturated carbocycles. The first-order valence-electron chi connectivity index (χ1n) is 6.80. The smallest absolute Gasteiger partial charge is 0.0790 e. The maximum absolute atomic E-state index is 4.62. The molecule has 1 N–H and O–H groups in total. The number of para-hydroxylation sites is 1. The van der Waals surface area contributed by atoms with Crippen LogP contribution in [0.25, 0.3) is 5.69 Å². The third kappa shape index (κ3) is 2.35. The molecular formula is C15H18BrN3. The maximum atomic E-state index is 4.62. The van der Waals surface area contributed by atoms with Crippen LogP contribution in [0, 0.1) is 0 Å². The lowest BCUT2D eigenvalue weighted by Gasteiger charge is -2.14. The summed E-state index contributed by atoms with van der Waals surface area (Å²) in [6, 6.07) is 8.70. The van der Waals surface area contributed by atoms with E-state index in [1.807, 2.05) is 19.3 Å². The molecule has 3 nitrogen and oxygen atoms in total. The second-order valence-electron chi connectivity index (χ2n) is 5.00. The van der Waals surface area contributed by atoms with Gasteiger partial charge in [0.05, 0.1) is 11.9 Å². The number of rotatable bonds is 2. The number of hydrogen-bond acceptors (Lipinski definition) is 2. The van der Waals surface area contributed by atoms with Gasteiger partial charge in [0.25, 0.3) is 0 Å². The fraction of sp³-hybridized carbons (Fsp3) is 0.400. The number of nitrogens with zero attached hydrogens (tertiary/aromatic N) is 2. The van der Waals surface area contributed by atoms with Crippen LogP contribution in [0.5, 0.6) is 0 Å². The van der Waals surface area contributed by atoms with Crippen LogP contribution in [-0.4, -0.2) is 16.8 Å². The summed E-state index contributed by atoms with van der Waals surface area (Å²) in [5.41, 5.74) is 3.83. The van der Waals surface area contributed by atoms with Crippen LogP contribution in [0.3, 0.4) is 0 Å². The van der Waals surface area contributed by atoms with Crippen LogP contribution in [-0.2, 0) is 6.42 Å². The molecule has 0 saturated heterocycles. The Hall–Kier alpha value is -1.13. The quantitative estimate of drug-likeness (QED) is 0.857. The van der Waals surface area contributed by atoms with Crippen molar-refractivity contribution >= 4 is 15.9 Å². The fourth-order valence-electron chi connectivity index (χ4n) is 2.86. The van der Waals surface area contributed by atoms with E-state index in [1.165, 1.54) is 30.5 Å². The summed E-state index contributed by atoms with van der Waals surface area (Å²) in [4.78, 5) is 0. The molecule has 19 heavy (non-hydrogen) atoms. The molecule has 1 heterocycles. The molecule has 1 aromatic heterocycles. The van der Waals surface area contributed by atoms with Gasteiger partial charge in [0.1, 0.15) is 0 Å². The van der Waals surface area contributed by atoms with Crippen LogP contribution >= 0.6 is 15.9 Å². The Morgan fingerprint density at radius 1 is 1.32 bits per heavy atom. The van der Waals surface area contributed by atoms with Gasteiger partial charge < -0.3 is 5.32 Å². The van der Waals surface area contributed by atoms with E-state index in [0.717, 1.165) is 16.6 Å². The summed E-state index contributed by atoms with van der Waals surface area (Å²) in [5.74, 6) is 0. The number of aromatic nitrogens is 2. The minimum Gasteiger partial charge on any atom is -0.313 e. The van der Waals surface area contributed by atoms with Gasteiger partial charge in [-0.25, -0.2) is 4.68 Å². The summed E-state index contributed by atoms with van der Waals surface area (Å²) in [6.45, 7) is 0. The van der Waals surface area contributed by atoms with Gasteiger partial charge in [-0.05, 0) is 54.4 Å². The van der Waals surface area contributed by atoms with Crippen molar-refractivity contribution in [3.05, 3.63) is 46.2 Å². The first kappa shape index (κ1) is 12.9. The van der Waals surface area contributed by atoms with Crippen molar-refractivity contribution in [2.75, 3.05) is 7.05 Å². The van der Waals surface area contributed by atoms with Gasteiger partial charge in [-0.15, -0.1) is 0 Å². The normalized spacial score (nSPS) is 18.9. The Kier molecular flexibility index (Phi) is 3.71. The van der Waals surface area contributed by atoms with Crippen molar-refractivity contribution in [3.8, 4) is 5.69 Å². The van der Waals surface area contributed by atoms with E-state index in [9.17, 15) is 0 Å². The van der Waals surface area contributed by atoms with Gasteiger partial charge in [0.15, 0.2) is 0 Å². The molecule has 0 aliphatic heterocycles. The largest absolute Gasteiger partial charge is 0.313 e. The molecule has 100 valence electrons. The summed E-state index contributed by atoms with van der Waals surface area (Å²) < 4.78 is 3.18. The Morgan fingerprint density at radius 2 is 2.16 bits per heavy atom. The topological polar surface area (TPSA) is 29.9 Å². The third-order valence-corrected chi connectivity index (χ3v) is 4.53. The molecule has 1 aromatic carbocycles. The Balaban J connectivity index is 2.10. The highest BCUT2D eigenvalue weighted by atomic mass is 79.9. The zero-order chi connectivity index (χ0) is 13.2. The molecule has 4 heteroatoms. The molecule has 3 rings (SSSR count). The SMILES string of the molecule is CNC1CCCCc2c1cnn2-c1ccccc1Br. The second kappa shape index (κ2) is 5.47. The fourth-order valence-corrected chi connectivity index (χ4v) is 3.31. The molecule has 1 atom stereocenters. The van der Waals surface area contributed by atoms with Gasteiger partial charge in [0.2, 0.25) is 0 Å². The second-order valence-corrected chi connectivity index (χ2v) is 5.85. The Labute approximate surface area is 122 Å². The summed E-state index contributed by atoms with van der Waals surface area (Å²) in [7, 11) is 2.04. The van der Waals surface area contributed by atoms with E-state index < -0.39 is 0 Å². The number of benzene rings is 1. The number of fused-ring (bicyclic) bond motifs is 1. The van der Waals surface area contributed by atoms with Crippen LogP contribution in [0.15, 0.2) is 34.9 Å². The molecule has 0 bridgehead atoms. The van der Waals surface area contributed by atoms with E-state index in [-0.39, 0.29) is 0 Å². The maximum Gasteiger partial charge on any atom is 0.0790 e. The lowest BCUT2D eigenvalue weighted by atomic mass is 10.1. The van der Waals surface area contributed by atoms with Crippen molar-refractivity contribution < 1.29 is 0 Å². The standard InChI is InChI=1S/C15H18BrN3/c1-17-13-7-3-5-8-14-11(13)10-18-19(14)15-9-4-2-6-12(15)16/h2,4,6,9-10,13,17H,3,5,7-8H2,1H3. The molecule has 0 radical (unpaired) electrons. The Morgan fingerprint density at radius 3 is 2.95 bits per heavy atom. The van der Waals surface area contributed by atoms with Gasteiger partial charge in [-0.2, -0.15) is 5.10 Å². The summed E-state index contributed by atoms with van der Waals surface area (Å²) >= 11 is 3.62. The van der Waals surface area contributed by atoms with E-state index >= 15 is 0 Å². The van der Waals surface area contributed by atoms with Gasteiger partial charge >= 0.3 is 0 Å². The minimum absolute atomic E-state index is 0.439. The number of hydrogen-bond donors (Lipinski definition) is 1. The van der Waals surface area contributed by atoms with Gasteiger partial charge in [0, 0.05) is 21.8 Å². The monoisotopic (exact) mass is 319 g/mol. The minimum atomic E-state index is 0.439. The van der Waals surface area contributed by atoms with Crippen LogP contribution in [0.4, 0.5) is 0 Å². The highest BCUT2D eigenvalue weighted by Gasteiger charge is 2.22. The van der Waals surface area contributed by atoms with E-state index in [2.05, 4.69) is 49.2 Å².